The number of fused-ring (bicyclic) bond motifs is 1. The molecule has 0 aliphatic carbocycles. The molecule has 250 valence electrons. The number of aromatic nitrogens is 2. The molecule has 48 heavy (non-hydrogen) atoms. The van der Waals surface area contributed by atoms with Crippen molar-refractivity contribution in [2.24, 2.45) is 0 Å². The zero-order chi connectivity index (χ0) is 33.7. The maximum Gasteiger partial charge on any atom is 0.409 e. The smallest absolute Gasteiger partial charge is 0.409 e. The summed E-state index contributed by atoms with van der Waals surface area (Å²) in [6, 6.07) is 33.0. The first kappa shape index (κ1) is 33.0. The minimum atomic E-state index is -4.19. The third-order valence-electron chi connectivity index (χ3n) is 8.95. The maximum absolute atomic E-state index is 13.9. The second-order valence-corrected chi connectivity index (χ2v) is 13.9. The Kier molecular flexibility index (Phi) is 9.98. The van der Waals surface area contributed by atoms with E-state index in [1.165, 1.54) is 30.4 Å². The Morgan fingerprint density at radius 1 is 0.812 bits per heavy atom. The molecule has 4 aromatic carbocycles. The molecule has 1 amide bonds. The molecule has 0 bridgehead atoms. The summed E-state index contributed by atoms with van der Waals surface area (Å²) in [5.74, 6) is 0.514. The fraction of sp³-hybridized carbons (Fsp3) is 0.297. The Morgan fingerprint density at radius 3 is 1.92 bits per heavy atom. The van der Waals surface area contributed by atoms with Crippen molar-refractivity contribution in [3.63, 3.8) is 0 Å². The first-order chi connectivity index (χ1) is 23.3. The second kappa shape index (κ2) is 14.5. The van der Waals surface area contributed by atoms with Crippen LogP contribution in [0.25, 0.3) is 11.0 Å². The van der Waals surface area contributed by atoms with E-state index in [1.54, 1.807) is 45.9 Å². The predicted molar refractivity (Wildman–Crippen MR) is 185 cm³/mol. The fourth-order valence-corrected chi connectivity index (χ4v) is 7.68. The summed E-state index contributed by atoms with van der Waals surface area (Å²) in [4.78, 5) is 31.0. The van der Waals surface area contributed by atoms with Crippen LogP contribution in [-0.4, -0.2) is 65.7 Å². The highest BCUT2D eigenvalue weighted by Crippen LogP contribution is 2.28. The molecule has 6 rings (SSSR count). The molecule has 1 aliphatic heterocycles. The quantitative estimate of drug-likeness (QED) is 0.172. The van der Waals surface area contributed by atoms with Gasteiger partial charge in [-0.05, 0) is 67.3 Å². The summed E-state index contributed by atoms with van der Waals surface area (Å²) in [6.07, 6.45) is 0.571. The predicted octanol–water partition coefficient (Wildman–Crippen LogP) is 5.91. The number of amides is 1. The molecule has 0 radical (unpaired) electrons. The topological polar surface area (TPSA) is 103 Å². The SMILES string of the molecule is COc1ccc(S(=O)(=O)n2c(=O)n(C3CCN(C(=O)OC[C@H](C)N(Cc4ccccc4)Cc4ccccc4)CC3)c3ccccc32)cc1. The average molecular weight is 669 g/mol. The lowest BCUT2D eigenvalue weighted by atomic mass is 10.0. The summed E-state index contributed by atoms with van der Waals surface area (Å²) in [6.45, 7) is 4.49. The van der Waals surface area contributed by atoms with E-state index in [2.05, 4.69) is 36.1 Å². The van der Waals surface area contributed by atoms with Gasteiger partial charge in [0.2, 0.25) is 0 Å². The van der Waals surface area contributed by atoms with Gasteiger partial charge in [-0.1, -0.05) is 72.8 Å². The van der Waals surface area contributed by atoms with Crippen LogP contribution in [-0.2, 0) is 27.8 Å². The number of benzene rings is 4. The van der Waals surface area contributed by atoms with Crippen LogP contribution >= 0.6 is 0 Å². The lowest BCUT2D eigenvalue weighted by Crippen LogP contribution is -2.43. The Balaban J connectivity index is 1.13. The second-order valence-electron chi connectivity index (χ2n) is 12.1. The van der Waals surface area contributed by atoms with Crippen molar-refractivity contribution in [3.05, 3.63) is 131 Å². The van der Waals surface area contributed by atoms with Crippen LogP contribution in [0.4, 0.5) is 4.79 Å². The normalized spacial score (nSPS) is 14.7. The van der Waals surface area contributed by atoms with E-state index >= 15 is 0 Å². The molecular formula is C37H40N4O6S. The highest BCUT2D eigenvalue weighted by molar-refractivity contribution is 7.90. The van der Waals surface area contributed by atoms with Crippen molar-refractivity contribution >= 4 is 27.1 Å². The lowest BCUT2D eigenvalue weighted by molar-refractivity contribution is 0.0567. The van der Waals surface area contributed by atoms with Gasteiger partial charge in [-0.2, -0.15) is 3.97 Å². The molecule has 0 N–H and O–H groups in total. The van der Waals surface area contributed by atoms with Gasteiger partial charge < -0.3 is 14.4 Å². The molecule has 1 aliphatic rings. The minimum Gasteiger partial charge on any atom is -0.497 e. The molecule has 10 nitrogen and oxygen atoms in total. The standard InChI is InChI=1S/C37H40N4O6S/c1-28(39(25-29-11-5-3-6-12-29)26-30-13-7-4-8-14-30)27-47-37(43)38-23-21-31(22-24-38)40-34-15-9-10-16-35(34)41(36(40)42)48(44,45)33-19-17-32(46-2)18-20-33/h3-20,28,31H,21-27H2,1-2H3/t28-/m0/s1. The number of rotatable bonds is 11. The van der Waals surface area contributed by atoms with Crippen LogP contribution < -0.4 is 10.4 Å². The van der Waals surface area contributed by atoms with Gasteiger partial charge in [-0.25, -0.2) is 18.0 Å². The highest BCUT2D eigenvalue weighted by Gasteiger charge is 2.31. The number of piperidine rings is 1. The maximum atomic E-state index is 13.9. The summed E-state index contributed by atoms with van der Waals surface area (Å²) in [7, 11) is -2.69. The molecule has 2 heterocycles. The van der Waals surface area contributed by atoms with Gasteiger partial charge in [-0.15, -0.1) is 0 Å². The number of imidazole rings is 1. The van der Waals surface area contributed by atoms with Crippen molar-refractivity contribution in [2.45, 2.75) is 49.8 Å². The Hall–Kier alpha value is -4.87. The van der Waals surface area contributed by atoms with Crippen LogP contribution in [0.2, 0.25) is 0 Å². The number of likely N-dealkylation sites (tertiary alicyclic amines) is 1. The zero-order valence-corrected chi connectivity index (χ0v) is 28.0. The van der Waals surface area contributed by atoms with Crippen molar-refractivity contribution < 1.29 is 22.7 Å². The first-order valence-electron chi connectivity index (χ1n) is 16.1. The molecule has 0 saturated carbocycles. The summed E-state index contributed by atoms with van der Waals surface area (Å²) >= 11 is 0. The molecule has 1 aromatic heterocycles. The number of ether oxygens (including phenoxy) is 2. The number of carbonyl (C=O) groups excluding carboxylic acids is 1. The molecular weight excluding hydrogens is 628 g/mol. The summed E-state index contributed by atoms with van der Waals surface area (Å²) in [5, 5.41) is 0. The van der Waals surface area contributed by atoms with E-state index in [1.807, 2.05) is 36.4 Å². The van der Waals surface area contributed by atoms with Gasteiger partial charge in [0.05, 0.1) is 23.0 Å². The number of hydrogen-bond donors (Lipinski definition) is 0. The molecule has 1 saturated heterocycles. The number of para-hydroxylation sites is 2. The summed E-state index contributed by atoms with van der Waals surface area (Å²) < 4.78 is 40.9. The van der Waals surface area contributed by atoms with Crippen molar-refractivity contribution in [2.75, 3.05) is 26.8 Å². The third kappa shape index (κ3) is 7.02. The Labute approximate surface area is 280 Å². The minimum absolute atomic E-state index is 0.00815. The Morgan fingerprint density at radius 2 is 1.35 bits per heavy atom. The highest BCUT2D eigenvalue weighted by atomic mass is 32.2. The van der Waals surface area contributed by atoms with E-state index < -0.39 is 21.8 Å². The van der Waals surface area contributed by atoms with Crippen LogP contribution in [0.3, 0.4) is 0 Å². The number of carbonyl (C=O) groups is 1. The van der Waals surface area contributed by atoms with Crippen molar-refractivity contribution in [1.29, 1.82) is 0 Å². The zero-order valence-electron chi connectivity index (χ0n) is 27.1. The molecule has 0 unspecified atom stereocenters. The monoisotopic (exact) mass is 668 g/mol. The number of methoxy groups -OCH3 is 1. The molecule has 1 atom stereocenters. The molecule has 1 fully saturated rings. The molecule has 11 heteroatoms. The number of nitrogens with zero attached hydrogens (tertiary/aromatic N) is 4. The van der Waals surface area contributed by atoms with Crippen LogP contribution in [0.5, 0.6) is 5.75 Å². The van der Waals surface area contributed by atoms with Gasteiger partial charge in [0.15, 0.2) is 0 Å². The van der Waals surface area contributed by atoms with E-state index in [0.717, 1.165) is 17.1 Å². The van der Waals surface area contributed by atoms with Crippen LogP contribution in [0.1, 0.15) is 36.9 Å². The first-order valence-corrected chi connectivity index (χ1v) is 17.6. The van der Waals surface area contributed by atoms with Gasteiger partial charge >= 0.3 is 11.8 Å². The van der Waals surface area contributed by atoms with Crippen LogP contribution in [0.15, 0.2) is 119 Å². The van der Waals surface area contributed by atoms with Gasteiger partial charge in [0.25, 0.3) is 10.0 Å². The third-order valence-corrected chi connectivity index (χ3v) is 10.7. The largest absolute Gasteiger partial charge is 0.497 e. The van der Waals surface area contributed by atoms with E-state index in [0.29, 0.717) is 42.7 Å². The Bertz CT molecular complexity index is 1960. The number of hydrogen-bond acceptors (Lipinski definition) is 7. The lowest BCUT2D eigenvalue weighted by Gasteiger charge is -2.33. The van der Waals surface area contributed by atoms with Gasteiger partial charge in [0.1, 0.15) is 12.4 Å². The fourth-order valence-electron chi connectivity index (χ4n) is 6.28. The van der Waals surface area contributed by atoms with E-state index in [9.17, 15) is 18.0 Å². The van der Waals surface area contributed by atoms with E-state index in [-0.39, 0.29) is 23.6 Å². The van der Waals surface area contributed by atoms with Gasteiger partial charge in [0, 0.05) is 38.3 Å². The molecule has 5 aromatic rings. The van der Waals surface area contributed by atoms with Crippen molar-refractivity contribution in [3.8, 4) is 5.75 Å². The van der Waals surface area contributed by atoms with E-state index in [4.69, 9.17) is 9.47 Å². The van der Waals surface area contributed by atoms with Gasteiger partial charge in [-0.3, -0.25) is 9.47 Å². The molecule has 0 spiro atoms. The summed E-state index contributed by atoms with van der Waals surface area (Å²) in [5.41, 5.74) is 2.58. The van der Waals surface area contributed by atoms with Crippen molar-refractivity contribution in [1.82, 2.24) is 18.3 Å². The van der Waals surface area contributed by atoms with Crippen LogP contribution in [0, 0.1) is 0 Å². The average Bonchev–Trinajstić information content (AvgIpc) is 3.43.